The number of carbonyl (C=O) groups is 3. The molecule has 0 unspecified atom stereocenters. The Morgan fingerprint density at radius 3 is 2.18 bits per heavy atom. The van der Waals surface area contributed by atoms with Crippen LogP contribution in [0.15, 0.2) is 29.6 Å². The Kier molecular flexibility index (Phi) is 5.68. The minimum atomic E-state index is -0.472. The van der Waals surface area contributed by atoms with Crippen LogP contribution in [0, 0.1) is 11.2 Å². The second-order valence-electron chi connectivity index (χ2n) is 9.36. The van der Waals surface area contributed by atoms with Gasteiger partial charge in [0.25, 0.3) is 11.8 Å². The van der Waals surface area contributed by atoms with E-state index >= 15 is 0 Å². The molecule has 2 aliphatic heterocycles. The van der Waals surface area contributed by atoms with Gasteiger partial charge >= 0.3 is 0 Å². The van der Waals surface area contributed by atoms with Crippen LogP contribution >= 0.6 is 11.6 Å². The summed E-state index contributed by atoms with van der Waals surface area (Å²) in [5, 5.41) is 12.1. The van der Waals surface area contributed by atoms with Crippen LogP contribution < -0.4 is 26.2 Å². The van der Waals surface area contributed by atoms with Gasteiger partial charge in [0.15, 0.2) is 0 Å². The Morgan fingerprint density at radius 1 is 1.00 bits per heavy atom. The average molecular weight is 476 g/mol. The van der Waals surface area contributed by atoms with Crippen molar-refractivity contribution in [2.24, 2.45) is 5.41 Å². The molecule has 4 aliphatic rings. The minimum Gasteiger partial charge on any atom is -0.362 e. The maximum Gasteiger partial charge on any atom is 0.269 e. The zero-order chi connectivity index (χ0) is 23.2. The van der Waals surface area contributed by atoms with Crippen LogP contribution in [0.1, 0.15) is 44.9 Å². The van der Waals surface area contributed by atoms with Crippen molar-refractivity contribution in [2.45, 2.75) is 57.0 Å². The van der Waals surface area contributed by atoms with Gasteiger partial charge in [0.2, 0.25) is 5.91 Å². The second kappa shape index (κ2) is 8.52. The van der Waals surface area contributed by atoms with Gasteiger partial charge in [0, 0.05) is 18.6 Å². The molecule has 8 nitrogen and oxygen atoms in total. The molecular formula is C23H27ClFN5O3. The monoisotopic (exact) mass is 475 g/mol. The number of hydrogen-bond acceptors (Lipinski definition) is 5. The van der Waals surface area contributed by atoms with E-state index in [2.05, 4.69) is 21.3 Å². The Morgan fingerprint density at radius 2 is 1.61 bits per heavy atom. The SMILES string of the molecule is O=C(NC1CC1)C1=C(C(=O)N[C@H]2CC[C@@]3(CCN(c4ccc(F)cc4Cl)C3=O)CC2)NCN1. The van der Waals surface area contributed by atoms with Crippen molar-refractivity contribution in [2.75, 3.05) is 18.1 Å². The molecular weight excluding hydrogens is 449 g/mol. The second-order valence-corrected chi connectivity index (χ2v) is 9.77. The van der Waals surface area contributed by atoms with E-state index in [-0.39, 0.29) is 46.2 Å². The highest BCUT2D eigenvalue weighted by Gasteiger charge is 2.49. The topological polar surface area (TPSA) is 103 Å². The van der Waals surface area contributed by atoms with Crippen LogP contribution in [0.5, 0.6) is 0 Å². The smallest absolute Gasteiger partial charge is 0.269 e. The maximum absolute atomic E-state index is 13.4. The van der Waals surface area contributed by atoms with Gasteiger partial charge in [-0.05, 0) is 63.1 Å². The predicted molar refractivity (Wildman–Crippen MR) is 121 cm³/mol. The van der Waals surface area contributed by atoms with E-state index < -0.39 is 11.2 Å². The van der Waals surface area contributed by atoms with E-state index in [4.69, 9.17) is 11.6 Å². The Hall–Kier alpha value is -2.81. The molecule has 0 bridgehead atoms. The minimum absolute atomic E-state index is 0.0178. The number of halogens is 2. The van der Waals surface area contributed by atoms with Gasteiger partial charge in [-0.2, -0.15) is 0 Å². The molecule has 5 rings (SSSR count). The lowest BCUT2D eigenvalue weighted by Gasteiger charge is -2.36. The standard InChI is InChI=1S/C23H27ClFN5O3/c24-16-11-13(25)1-4-17(16)30-10-9-23(22(30)33)7-5-15(6-8-23)29-21(32)19-18(26-12-27-19)20(31)28-14-2-3-14/h1,4,11,14-15,26-27H,2-3,5-10,12H2,(H,28,31)(H,29,32)/t15-,23-. The van der Waals surface area contributed by atoms with Crippen LogP contribution in [0.2, 0.25) is 5.02 Å². The number of benzene rings is 1. The van der Waals surface area contributed by atoms with E-state index in [1.165, 1.54) is 12.1 Å². The van der Waals surface area contributed by atoms with Gasteiger partial charge in [-0.1, -0.05) is 11.6 Å². The van der Waals surface area contributed by atoms with Crippen LogP contribution in [0.3, 0.4) is 0 Å². The molecule has 0 aromatic heterocycles. The molecule has 4 N–H and O–H groups in total. The summed E-state index contributed by atoms with van der Waals surface area (Å²) in [6.45, 7) is 0.878. The third-order valence-electron chi connectivity index (χ3n) is 7.14. The van der Waals surface area contributed by atoms with Crippen LogP contribution in [-0.4, -0.2) is 43.0 Å². The first kappa shape index (κ1) is 22.0. The number of nitrogens with zero attached hydrogens (tertiary/aromatic N) is 1. The first-order chi connectivity index (χ1) is 15.9. The number of nitrogens with one attached hydrogen (secondary N) is 4. The molecule has 0 atom stereocenters. The Labute approximate surface area is 196 Å². The fraction of sp³-hybridized carbons (Fsp3) is 0.522. The molecule has 176 valence electrons. The van der Waals surface area contributed by atoms with E-state index in [9.17, 15) is 18.8 Å². The number of anilines is 1. The first-order valence-electron chi connectivity index (χ1n) is 11.5. The van der Waals surface area contributed by atoms with Gasteiger partial charge in [0.1, 0.15) is 17.2 Å². The van der Waals surface area contributed by atoms with E-state index in [0.29, 0.717) is 51.0 Å². The highest BCUT2D eigenvalue weighted by atomic mass is 35.5. The molecule has 3 fully saturated rings. The summed E-state index contributed by atoms with van der Waals surface area (Å²) in [6.07, 6.45) is 5.32. The summed E-state index contributed by atoms with van der Waals surface area (Å²) in [5.41, 5.74) is 0.617. The quantitative estimate of drug-likeness (QED) is 0.521. The average Bonchev–Trinajstić information content (AvgIpc) is 3.36. The summed E-state index contributed by atoms with van der Waals surface area (Å²) in [5.74, 6) is -0.980. The molecule has 33 heavy (non-hydrogen) atoms. The molecule has 10 heteroatoms. The predicted octanol–water partition coefficient (Wildman–Crippen LogP) is 1.90. The van der Waals surface area contributed by atoms with Crippen molar-refractivity contribution in [3.63, 3.8) is 0 Å². The fourth-order valence-corrected chi connectivity index (χ4v) is 5.33. The highest BCUT2D eigenvalue weighted by Crippen LogP contribution is 2.47. The molecule has 1 spiro atoms. The number of rotatable bonds is 5. The summed E-state index contributed by atoms with van der Waals surface area (Å²) < 4.78 is 13.4. The Balaban J connectivity index is 1.20. The summed E-state index contributed by atoms with van der Waals surface area (Å²) in [4.78, 5) is 40.2. The zero-order valence-corrected chi connectivity index (χ0v) is 18.9. The van der Waals surface area contributed by atoms with Crippen molar-refractivity contribution in [3.8, 4) is 0 Å². The van der Waals surface area contributed by atoms with Gasteiger partial charge in [0.05, 0.1) is 22.8 Å². The van der Waals surface area contributed by atoms with Crippen LogP contribution in [0.25, 0.3) is 0 Å². The maximum atomic E-state index is 13.4. The highest BCUT2D eigenvalue weighted by molar-refractivity contribution is 6.34. The summed E-state index contributed by atoms with van der Waals surface area (Å²) in [6, 6.07) is 4.22. The van der Waals surface area contributed by atoms with Gasteiger partial charge in [-0.15, -0.1) is 0 Å². The Bertz CT molecular complexity index is 1030. The summed E-state index contributed by atoms with van der Waals surface area (Å²) in [7, 11) is 0. The summed E-state index contributed by atoms with van der Waals surface area (Å²) >= 11 is 6.18. The van der Waals surface area contributed by atoms with Crippen LogP contribution in [-0.2, 0) is 14.4 Å². The normalized spacial score (nSPS) is 26.9. The molecule has 2 aliphatic carbocycles. The van der Waals surface area contributed by atoms with E-state index in [1.54, 1.807) is 11.0 Å². The van der Waals surface area contributed by atoms with Gasteiger partial charge < -0.3 is 26.2 Å². The van der Waals surface area contributed by atoms with Crippen molar-refractivity contribution < 1.29 is 18.8 Å². The number of carbonyl (C=O) groups excluding carboxylic acids is 3. The van der Waals surface area contributed by atoms with E-state index in [0.717, 1.165) is 12.8 Å². The lowest BCUT2D eigenvalue weighted by molar-refractivity contribution is -0.127. The van der Waals surface area contributed by atoms with Crippen LogP contribution in [0.4, 0.5) is 10.1 Å². The van der Waals surface area contributed by atoms with Crippen molar-refractivity contribution in [1.29, 1.82) is 0 Å². The number of hydrogen-bond donors (Lipinski definition) is 4. The third-order valence-corrected chi connectivity index (χ3v) is 7.44. The van der Waals surface area contributed by atoms with Crippen molar-refractivity contribution in [1.82, 2.24) is 21.3 Å². The van der Waals surface area contributed by atoms with Crippen molar-refractivity contribution in [3.05, 3.63) is 40.4 Å². The largest absolute Gasteiger partial charge is 0.362 e. The lowest BCUT2D eigenvalue weighted by Crippen LogP contribution is -2.45. The van der Waals surface area contributed by atoms with Crippen molar-refractivity contribution >= 4 is 35.0 Å². The van der Waals surface area contributed by atoms with E-state index in [1.807, 2.05) is 0 Å². The molecule has 1 aromatic carbocycles. The number of amides is 3. The molecule has 1 aromatic rings. The van der Waals surface area contributed by atoms with Gasteiger partial charge in [-0.3, -0.25) is 14.4 Å². The molecule has 0 radical (unpaired) electrons. The molecule has 2 saturated carbocycles. The first-order valence-corrected chi connectivity index (χ1v) is 11.8. The zero-order valence-electron chi connectivity index (χ0n) is 18.2. The lowest BCUT2D eigenvalue weighted by atomic mass is 9.71. The third kappa shape index (κ3) is 4.26. The molecule has 3 amide bonds. The fourth-order valence-electron chi connectivity index (χ4n) is 5.06. The molecule has 1 saturated heterocycles. The molecule has 2 heterocycles. The van der Waals surface area contributed by atoms with Gasteiger partial charge in [-0.25, -0.2) is 4.39 Å².